The molecule has 2 rings (SSSR count). The lowest BCUT2D eigenvalue weighted by Gasteiger charge is -2.28. The van der Waals surface area contributed by atoms with Crippen molar-refractivity contribution in [3.63, 3.8) is 0 Å². The van der Waals surface area contributed by atoms with E-state index in [9.17, 15) is 4.79 Å². The normalized spacial score (nSPS) is 28.1. The number of thiazole rings is 1. The van der Waals surface area contributed by atoms with Gasteiger partial charge in [0.05, 0.1) is 11.4 Å². The molecule has 1 aliphatic rings. The van der Waals surface area contributed by atoms with Gasteiger partial charge in [0.1, 0.15) is 0 Å². The van der Waals surface area contributed by atoms with Gasteiger partial charge in [-0.25, -0.2) is 0 Å². The number of aliphatic carboxylic acids is 1. The zero-order valence-corrected chi connectivity index (χ0v) is 10.3. The van der Waals surface area contributed by atoms with E-state index in [0.717, 1.165) is 13.0 Å². The Balaban J connectivity index is 2.09. The molecule has 0 amide bonds. The Hall–Kier alpha value is -0.940. The van der Waals surface area contributed by atoms with Crippen LogP contribution in [0, 0.1) is 5.92 Å². The number of carbonyl (C=O) groups is 1. The summed E-state index contributed by atoms with van der Waals surface area (Å²) in [5, 5.41) is 9.08. The van der Waals surface area contributed by atoms with Crippen LogP contribution in [0.5, 0.6) is 0 Å². The van der Waals surface area contributed by atoms with Gasteiger partial charge in [-0.3, -0.25) is 14.7 Å². The second-order valence-electron chi connectivity index (χ2n) is 4.29. The van der Waals surface area contributed by atoms with Crippen LogP contribution in [0.2, 0.25) is 0 Å². The molecule has 3 unspecified atom stereocenters. The fourth-order valence-electron chi connectivity index (χ4n) is 2.44. The maximum atomic E-state index is 11.0. The Morgan fingerprint density at radius 3 is 3.00 bits per heavy atom. The summed E-state index contributed by atoms with van der Waals surface area (Å²) in [7, 11) is 0. The van der Waals surface area contributed by atoms with Crippen LogP contribution in [0.1, 0.15) is 31.2 Å². The molecular formula is C11H16N2O2S. The van der Waals surface area contributed by atoms with Gasteiger partial charge in [0.15, 0.2) is 0 Å². The van der Waals surface area contributed by atoms with Gasteiger partial charge in [-0.1, -0.05) is 0 Å². The number of rotatable bonds is 3. The van der Waals surface area contributed by atoms with Gasteiger partial charge in [0, 0.05) is 23.2 Å². The molecule has 88 valence electrons. The average molecular weight is 240 g/mol. The molecule has 1 aromatic rings. The van der Waals surface area contributed by atoms with Crippen LogP contribution in [0.4, 0.5) is 0 Å². The van der Waals surface area contributed by atoms with Crippen molar-refractivity contribution in [3.8, 4) is 0 Å². The van der Waals surface area contributed by atoms with Gasteiger partial charge < -0.3 is 5.11 Å². The van der Waals surface area contributed by atoms with Crippen molar-refractivity contribution in [2.45, 2.75) is 32.4 Å². The second-order valence-corrected chi connectivity index (χ2v) is 5.21. The van der Waals surface area contributed by atoms with E-state index in [2.05, 4.69) is 16.8 Å². The molecule has 1 aliphatic heterocycles. The van der Waals surface area contributed by atoms with Crippen molar-refractivity contribution in [1.82, 2.24) is 9.88 Å². The maximum absolute atomic E-state index is 11.0. The molecular weight excluding hydrogens is 224 g/mol. The quantitative estimate of drug-likeness (QED) is 0.878. The van der Waals surface area contributed by atoms with E-state index in [-0.39, 0.29) is 18.0 Å². The number of aromatic nitrogens is 1. The summed E-state index contributed by atoms with van der Waals surface area (Å²) < 4.78 is 0. The predicted molar refractivity (Wildman–Crippen MR) is 62.4 cm³/mol. The first-order valence-corrected chi connectivity index (χ1v) is 6.36. The summed E-state index contributed by atoms with van der Waals surface area (Å²) in [6, 6.07) is 0.376. The van der Waals surface area contributed by atoms with Gasteiger partial charge in [-0.2, -0.15) is 0 Å². The van der Waals surface area contributed by atoms with Crippen LogP contribution in [0.15, 0.2) is 11.7 Å². The highest BCUT2D eigenvalue weighted by atomic mass is 32.1. The molecule has 0 radical (unpaired) electrons. The highest BCUT2D eigenvalue weighted by molar-refractivity contribution is 7.09. The van der Waals surface area contributed by atoms with Crippen molar-refractivity contribution in [2.24, 2.45) is 5.92 Å². The van der Waals surface area contributed by atoms with Crippen LogP contribution in [-0.4, -0.2) is 33.5 Å². The van der Waals surface area contributed by atoms with Crippen molar-refractivity contribution in [1.29, 1.82) is 0 Å². The third-order valence-corrected chi connectivity index (χ3v) is 4.43. The molecule has 5 heteroatoms. The Labute approximate surface area is 98.9 Å². The van der Waals surface area contributed by atoms with E-state index in [4.69, 9.17) is 5.11 Å². The van der Waals surface area contributed by atoms with Crippen LogP contribution in [0.25, 0.3) is 0 Å². The summed E-state index contributed by atoms with van der Waals surface area (Å²) in [6.45, 7) is 4.98. The third kappa shape index (κ3) is 1.97. The summed E-state index contributed by atoms with van der Waals surface area (Å²) in [5.74, 6) is -0.901. The highest BCUT2D eigenvalue weighted by Gasteiger charge is 2.38. The zero-order valence-electron chi connectivity index (χ0n) is 9.46. The van der Waals surface area contributed by atoms with E-state index in [1.807, 2.05) is 18.6 Å². The third-order valence-electron chi connectivity index (χ3n) is 3.48. The van der Waals surface area contributed by atoms with Gasteiger partial charge >= 0.3 is 5.97 Å². The minimum atomic E-state index is -0.675. The van der Waals surface area contributed by atoms with Crippen molar-refractivity contribution < 1.29 is 9.90 Å². The number of nitrogens with zero attached hydrogens (tertiary/aromatic N) is 2. The Kier molecular flexibility index (Phi) is 3.25. The van der Waals surface area contributed by atoms with Crippen LogP contribution in [-0.2, 0) is 4.79 Å². The minimum absolute atomic E-state index is 0.106. The molecule has 4 nitrogen and oxygen atoms in total. The number of likely N-dealkylation sites (tertiary alicyclic amines) is 1. The molecule has 0 saturated carbocycles. The Morgan fingerprint density at radius 2 is 2.50 bits per heavy atom. The van der Waals surface area contributed by atoms with E-state index in [1.54, 1.807) is 11.3 Å². The lowest BCUT2D eigenvalue weighted by atomic mass is 10.0. The topological polar surface area (TPSA) is 53.4 Å². The number of carboxylic acids is 1. The Morgan fingerprint density at radius 1 is 1.75 bits per heavy atom. The molecule has 2 heterocycles. The van der Waals surface area contributed by atoms with Crippen LogP contribution < -0.4 is 0 Å². The van der Waals surface area contributed by atoms with Crippen molar-refractivity contribution in [2.75, 3.05) is 6.54 Å². The average Bonchev–Trinajstić information content (AvgIpc) is 2.84. The molecule has 1 N–H and O–H groups in total. The van der Waals surface area contributed by atoms with Crippen molar-refractivity contribution in [3.05, 3.63) is 16.6 Å². The van der Waals surface area contributed by atoms with E-state index < -0.39 is 5.97 Å². The molecule has 0 aliphatic carbocycles. The molecule has 16 heavy (non-hydrogen) atoms. The minimum Gasteiger partial charge on any atom is -0.481 e. The molecule has 3 atom stereocenters. The molecule has 1 saturated heterocycles. The van der Waals surface area contributed by atoms with E-state index >= 15 is 0 Å². The second kappa shape index (κ2) is 4.51. The molecule has 0 aromatic carbocycles. The smallest absolute Gasteiger partial charge is 0.308 e. The first kappa shape index (κ1) is 11.5. The lowest BCUT2D eigenvalue weighted by molar-refractivity contribution is -0.142. The standard InChI is InChI=1S/C11H16N2O2S/c1-7-9(11(14)15)3-4-13(7)8(2)10-5-12-6-16-10/h5-9H,3-4H2,1-2H3,(H,14,15). The summed E-state index contributed by atoms with van der Waals surface area (Å²) >= 11 is 1.63. The first-order valence-electron chi connectivity index (χ1n) is 5.48. The Bertz CT molecular complexity index is 366. The van der Waals surface area contributed by atoms with Crippen LogP contribution in [0.3, 0.4) is 0 Å². The summed E-state index contributed by atoms with van der Waals surface area (Å²) in [5.41, 5.74) is 1.82. The van der Waals surface area contributed by atoms with E-state index in [0.29, 0.717) is 0 Å². The lowest BCUT2D eigenvalue weighted by Crippen LogP contribution is -2.34. The number of hydrogen-bond donors (Lipinski definition) is 1. The molecule has 1 fully saturated rings. The summed E-state index contributed by atoms with van der Waals surface area (Å²) in [4.78, 5) is 18.6. The summed E-state index contributed by atoms with van der Waals surface area (Å²) in [6.07, 6.45) is 2.62. The van der Waals surface area contributed by atoms with Gasteiger partial charge in [0.2, 0.25) is 0 Å². The van der Waals surface area contributed by atoms with Crippen molar-refractivity contribution >= 4 is 17.3 Å². The highest BCUT2D eigenvalue weighted by Crippen LogP contribution is 2.33. The van der Waals surface area contributed by atoms with Gasteiger partial charge in [-0.05, 0) is 26.8 Å². The molecule has 1 aromatic heterocycles. The fraction of sp³-hybridized carbons (Fsp3) is 0.636. The first-order chi connectivity index (χ1) is 7.61. The van der Waals surface area contributed by atoms with Gasteiger partial charge in [-0.15, -0.1) is 11.3 Å². The maximum Gasteiger partial charge on any atom is 0.308 e. The predicted octanol–water partition coefficient (Wildman–Crippen LogP) is 2.00. The van der Waals surface area contributed by atoms with Gasteiger partial charge in [0.25, 0.3) is 0 Å². The largest absolute Gasteiger partial charge is 0.481 e. The fourth-order valence-corrected chi connectivity index (χ4v) is 3.13. The number of carboxylic acid groups (broad SMARTS) is 1. The SMILES string of the molecule is CC(c1cncs1)N1CCC(C(=O)O)C1C. The monoisotopic (exact) mass is 240 g/mol. The van der Waals surface area contributed by atoms with E-state index in [1.165, 1.54) is 4.88 Å². The molecule has 0 bridgehead atoms. The van der Waals surface area contributed by atoms with Crippen LogP contribution >= 0.6 is 11.3 Å². The number of hydrogen-bond acceptors (Lipinski definition) is 4. The molecule has 0 spiro atoms. The zero-order chi connectivity index (χ0) is 11.7.